The summed E-state index contributed by atoms with van der Waals surface area (Å²) < 4.78 is 1.58. The van der Waals surface area contributed by atoms with E-state index in [1.54, 1.807) is 29.8 Å². The number of amides is 2. The molecule has 1 fully saturated rings. The third-order valence-corrected chi connectivity index (χ3v) is 5.00. The number of aromatic nitrogens is 4. The number of rotatable bonds is 6. The van der Waals surface area contributed by atoms with Crippen molar-refractivity contribution in [3.63, 3.8) is 0 Å². The zero-order valence-electron chi connectivity index (χ0n) is 16.2. The van der Waals surface area contributed by atoms with Crippen molar-refractivity contribution in [2.75, 3.05) is 6.54 Å². The highest BCUT2D eigenvalue weighted by atomic mass is 16.2. The van der Waals surface area contributed by atoms with E-state index in [9.17, 15) is 9.59 Å². The molecule has 8 nitrogen and oxygen atoms in total. The van der Waals surface area contributed by atoms with Crippen LogP contribution in [0.2, 0.25) is 0 Å². The van der Waals surface area contributed by atoms with Crippen LogP contribution in [0.25, 0.3) is 5.69 Å². The standard InChI is InChI=1S/C21H22N6O2/c1-15-23-24-25-27(15)19-5-2-4-18(12-19)21(29)22-13-16-7-9-17(10-8-16)14-26-11-3-6-20(26)28/h2,4-5,7-10,12H,3,6,11,13-14H2,1H3,(H,22,29). The smallest absolute Gasteiger partial charge is 0.251 e. The first kappa shape index (κ1) is 18.8. The minimum atomic E-state index is -0.163. The van der Waals surface area contributed by atoms with Crippen LogP contribution in [-0.4, -0.2) is 43.5 Å². The summed E-state index contributed by atoms with van der Waals surface area (Å²) in [4.78, 5) is 26.2. The van der Waals surface area contributed by atoms with Crippen LogP contribution in [-0.2, 0) is 17.9 Å². The summed E-state index contributed by atoms with van der Waals surface area (Å²) in [5.41, 5.74) is 3.38. The molecule has 1 N–H and O–H groups in total. The van der Waals surface area contributed by atoms with Crippen molar-refractivity contribution in [3.8, 4) is 5.69 Å². The average molecular weight is 390 g/mol. The van der Waals surface area contributed by atoms with E-state index >= 15 is 0 Å². The van der Waals surface area contributed by atoms with Gasteiger partial charge in [0.2, 0.25) is 5.91 Å². The van der Waals surface area contributed by atoms with Crippen molar-refractivity contribution in [1.29, 1.82) is 0 Å². The van der Waals surface area contributed by atoms with E-state index in [0.29, 0.717) is 30.9 Å². The van der Waals surface area contributed by atoms with Crippen molar-refractivity contribution >= 4 is 11.8 Å². The maximum absolute atomic E-state index is 12.5. The van der Waals surface area contributed by atoms with Gasteiger partial charge in [0, 0.05) is 31.6 Å². The lowest BCUT2D eigenvalue weighted by Gasteiger charge is -2.15. The maximum Gasteiger partial charge on any atom is 0.251 e. The number of carbonyl (C=O) groups excluding carboxylic acids is 2. The SMILES string of the molecule is Cc1nnnn1-c1cccc(C(=O)NCc2ccc(CN3CCCC3=O)cc2)c1. The minimum Gasteiger partial charge on any atom is -0.348 e. The van der Waals surface area contributed by atoms with Crippen LogP contribution in [0.3, 0.4) is 0 Å². The Balaban J connectivity index is 1.36. The lowest BCUT2D eigenvalue weighted by atomic mass is 10.1. The fourth-order valence-corrected chi connectivity index (χ4v) is 3.39. The summed E-state index contributed by atoms with van der Waals surface area (Å²) in [6, 6.07) is 15.2. The molecule has 0 spiro atoms. The van der Waals surface area contributed by atoms with Crippen LogP contribution >= 0.6 is 0 Å². The molecule has 4 rings (SSSR count). The highest BCUT2D eigenvalue weighted by molar-refractivity contribution is 5.94. The third kappa shape index (κ3) is 4.31. The van der Waals surface area contributed by atoms with Crippen LogP contribution in [0.1, 0.15) is 40.2 Å². The van der Waals surface area contributed by atoms with Gasteiger partial charge in [0.15, 0.2) is 5.82 Å². The molecule has 0 bridgehead atoms. The van der Waals surface area contributed by atoms with Crippen molar-refractivity contribution in [2.45, 2.75) is 32.9 Å². The van der Waals surface area contributed by atoms with Gasteiger partial charge in [-0.2, -0.15) is 4.68 Å². The Morgan fingerprint density at radius 2 is 1.93 bits per heavy atom. The third-order valence-electron chi connectivity index (χ3n) is 5.00. The molecule has 0 saturated carbocycles. The number of hydrogen-bond acceptors (Lipinski definition) is 5. The van der Waals surface area contributed by atoms with Crippen LogP contribution in [0, 0.1) is 6.92 Å². The number of benzene rings is 2. The fourth-order valence-electron chi connectivity index (χ4n) is 3.39. The highest BCUT2D eigenvalue weighted by Crippen LogP contribution is 2.15. The van der Waals surface area contributed by atoms with Gasteiger partial charge in [0.25, 0.3) is 5.91 Å². The van der Waals surface area contributed by atoms with Crippen molar-refractivity contribution in [2.24, 2.45) is 0 Å². The number of aryl methyl sites for hydroxylation is 1. The fraction of sp³-hybridized carbons (Fsp3) is 0.286. The van der Waals surface area contributed by atoms with Gasteiger partial charge in [0.05, 0.1) is 5.69 Å². The predicted molar refractivity (Wildman–Crippen MR) is 106 cm³/mol. The molecule has 29 heavy (non-hydrogen) atoms. The maximum atomic E-state index is 12.5. The molecule has 1 aromatic heterocycles. The van der Waals surface area contributed by atoms with Crippen LogP contribution in [0.15, 0.2) is 48.5 Å². The van der Waals surface area contributed by atoms with Crippen LogP contribution in [0.5, 0.6) is 0 Å². The summed E-state index contributed by atoms with van der Waals surface area (Å²) in [6.07, 6.45) is 1.59. The van der Waals surface area contributed by atoms with E-state index in [1.165, 1.54) is 0 Å². The molecule has 2 aromatic carbocycles. The van der Waals surface area contributed by atoms with Crippen LogP contribution in [0.4, 0.5) is 0 Å². The number of likely N-dealkylation sites (tertiary alicyclic amines) is 1. The number of nitrogens with one attached hydrogen (secondary N) is 1. The van der Waals surface area contributed by atoms with E-state index in [2.05, 4.69) is 20.8 Å². The first-order chi connectivity index (χ1) is 14.1. The van der Waals surface area contributed by atoms with E-state index in [4.69, 9.17) is 0 Å². The largest absolute Gasteiger partial charge is 0.348 e. The normalized spacial score (nSPS) is 13.7. The minimum absolute atomic E-state index is 0.163. The topological polar surface area (TPSA) is 93.0 Å². The first-order valence-corrected chi connectivity index (χ1v) is 9.59. The monoisotopic (exact) mass is 390 g/mol. The zero-order chi connectivity index (χ0) is 20.2. The molecule has 8 heteroatoms. The van der Waals surface area contributed by atoms with Gasteiger partial charge in [-0.1, -0.05) is 30.3 Å². The zero-order valence-corrected chi connectivity index (χ0v) is 16.2. The quantitative estimate of drug-likeness (QED) is 0.695. The van der Waals surface area contributed by atoms with Crippen LogP contribution < -0.4 is 5.32 Å². The van der Waals surface area contributed by atoms with E-state index < -0.39 is 0 Å². The van der Waals surface area contributed by atoms with E-state index in [1.807, 2.05) is 35.2 Å². The molecule has 3 aromatic rings. The Kier molecular flexibility index (Phi) is 5.33. The Morgan fingerprint density at radius 3 is 2.62 bits per heavy atom. The summed E-state index contributed by atoms with van der Waals surface area (Å²) in [7, 11) is 0. The van der Waals surface area contributed by atoms with Gasteiger partial charge in [0.1, 0.15) is 0 Å². The lowest BCUT2D eigenvalue weighted by molar-refractivity contribution is -0.128. The molecule has 1 aliphatic rings. The first-order valence-electron chi connectivity index (χ1n) is 9.59. The Bertz CT molecular complexity index is 1030. The van der Waals surface area contributed by atoms with Gasteiger partial charge in [-0.15, -0.1) is 5.10 Å². The molecule has 1 aliphatic heterocycles. The summed E-state index contributed by atoms with van der Waals surface area (Å²) in [5.74, 6) is 0.711. The Labute approximate surface area is 168 Å². The summed E-state index contributed by atoms with van der Waals surface area (Å²) in [6.45, 7) is 3.71. The van der Waals surface area contributed by atoms with Gasteiger partial charge >= 0.3 is 0 Å². The van der Waals surface area contributed by atoms with Gasteiger partial charge in [-0.3, -0.25) is 9.59 Å². The molecule has 1 saturated heterocycles. The molecule has 0 atom stereocenters. The van der Waals surface area contributed by atoms with Crippen molar-refractivity contribution < 1.29 is 9.59 Å². The molecule has 0 unspecified atom stereocenters. The molecule has 0 aliphatic carbocycles. The Hall–Kier alpha value is -3.55. The molecule has 2 heterocycles. The predicted octanol–water partition coefficient (Wildman–Crippen LogP) is 2.02. The Morgan fingerprint density at radius 1 is 1.14 bits per heavy atom. The lowest BCUT2D eigenvalue weighted by Crippen LogP contribution is -2.24. The van der Waals surface area contributed by atoms with Gasteiger partial charge in [-0.05, 0) is 53.1 Å². The summed E-state index contributed by atoms with van der Waals surface area (Å²) >= 11 is 0. The average Bonchev–Trinajstić information content (AvgIpc) is 3.35. The second-order valence-electron chi connectivity index (χ2n) is 7.11. The second-order valence-corrected chi connectivity index (χ2v) is 7.11. The van der Waals surface area contributed by atoms with Gasteiger partial charge < -0.3 is 10.2 Å². The van der Waals surface area contributed by atoms with E-state index in [0.717, 1.165) is 29.8 Å². The molecule has 0 radical (unpaired) electrons. The molecular formula is C21H22N6O2. The van der Waals surface area contributed by atoms with Crippen molar-refractivity contribution in [1.82, 2.24) is 30.4 Å². The number of carbonyl (C=O) groups is 2. The van der Waals surface area contributed by atoms with E-state index in [-0.39, 0.29) is 11.8 Å². The second kappa shape index (κ2) is 8.22. The molecule has 148 valence electrons. The molecule has 2 amide bonds. The van der Waals surface area contributed by atoms with Gasteiger partial charge in [-0.25, -0.2) is 0 Å². The molecular weight excluding hydrogens is 368 g/mol. The summed E-state index contributed by atoms with van der Waals surface area (Å²) in [5, 5.41) is 14.4. The van der Waals surface area contributed by atoms with Crippen molar-refractivity contribution in [3.05, 3.63) is 71.0 Å². The number of tetrazole rings is 1. The number of nitrogens with zero attached hydrogens (tertiary/aromatic N) is 5. The number of hydrogen-bond donors (Lipinski definition) is 1. The highest BCUT2D eigenvalue weighted by Gasteiger charge is 2.19.